The number of rotatable bonds is 4. The molecule has 1 aliphatic rings. The Balaban J connectivity index is 2.71. The SMILES string of the molecule is CCC(C)CC1NC(C)CC(C)C1C(N)=O. The van der Waals surface area contributed by atoms with Crippen LogP contribution in [0.3, 0.4) is 0 Å². The molecule has 0 bridgehead atoms. The molecule has 1 saturated heterocycles. The first kappa shape index (κ1) is 13.5. The van der Waals surface area contributed by atoms with Crippen LogP contribution >= 0.6 is 0 Å². The fraction of sp³-hybridized carbons (Fsp3) is 0.923. The smallest absolute Gasteiger partial charge is 0.222 e. The zero-order chi connectivity index (χ0) is 12.3. The standard InChI is InChI=1S/C13H26N2O/c1-5-8(2)6-11-12(13(14)16)9(3)7-10(4)15-11/h8-12,15H,5-7H2,1-4H3,(H2,14,16). The molecule has 3 N–H and O–H groups in total. The van der Waals surface area contributed by atoms with E-state index in [1.54, 1.807) is 0 Å². The van der Waals surface area contributed by atoms with Gasteiger partial charge in [-0.15, -0.1) is 0 Å². The monoisotopic (exact) mass is 226 g/mol. The summed E-state index contributed by atoms with van der Waals surface area (Å²) in [5, 5.41) is 3.54. The van der Waals surface area contributed by atoms with Gasteiger partial charge in [-0.2, -0.15) is 0 Å². The van der Waals surface area contributed by atoms with Crippen molar-refractivity contribution in [3.05, 3.63) is 0 Å². The number of hydrogen-bond acceptors (Lipinski definition) is 2. The molecule has 0 aromatic carbocycles. The zero-order valence-corrected chi connectivity index (χ0v) is 11.0. The number of primary amides is 1. The van der Waals surface area contributed by atoms with Gasteiger partial charge in [0.2, 0.25) is 5.91 Å². The third-order valence-corrected chi connectivity index (χ3v) is 3.95. The van der Waals surface area contributed by atoms with Gasteiger partial charge in [-0.1, -0.05) is 27.2 Å². The molecule has 1 fully saturated rings. The maximum atomic E-state index is 11.5. The van der Waals surface area contributed by atoms with E-state index >= 15 is 0 Å². The van der Waals surface area contributed by atoms with Crippen molar-refractivity contribution in [3.63, 3.8) is 0 Å². The van der Waals surface area contributed by atoms with E-state index in [1.807, 2.05) is 0 Å². The summed E-state index contributed by atoms with van der Waals surface area (Å²) in [5.41, 5.74) is 5.53. The fourth-order valence-electron chi connectivity index (χ4n) is 2.93. The topological polar surface area (TPSA) is 55.1 Å². The van der Waals surface area contributed by atoms with E-state index in [2.05, 4.69) is 33.0 Å². The number of piperidine rings is 1. The van der Waals surface area contributed by atoms with Crippen molar-refractivity contribution in [2.75, 3.05) is 0 Å². The molecule has 1 rings (SSSR count). The van der Waals surface area contributed by atoms with Crippen LogP contribution in [0.1, 0.15) is 47.0 Å². The fourth-order valence-corrected chi connectivity index (χ4v) is 2.93. The lowest BCUT2D eigenvalue weighted by molar-refractivity contribution is -0.125. The van der Waals surface area contributed by atoms with Crippen LogP contribution in [0.15, 0.2) is 0 Å². The average molecular weight is 226 g/mol. The maximum Gasteiger partial charge on any atom is 0.222 e. The molecule has 3 heteroatoms. The Morgan fingerprint density at radius 2 is 2.12 bits per heavy atom. The van der Waals surface area contributed by atoms with E-state index in [4.69, 9.17) is 5.73 Å². The number of nitrogens with one attached hydrogen (secondary N) is 1. The van der Waals surface area contributed by atoms with Crippen LogP contribution in [-0.4, -0.2) is 18.0 Å². The second kappa shape index (κ2) is 5.67. The summed E-state index contributed by atoms with van der Waals surface area (Å²) in [6.45, 7) is 8.77. The van der Waals surface area contributed by atoms with Crippen LogP contribution in [0, 0.1) is 17.8 Å². The number of hydrogen-bond donors (Lipinski definition) is 2. The van der Waals surface area contributed by atoms with E-state index in [1.165, 1.54) is 0 Å². The van der Waals surface area contributed by atoms with Crippen LogP contribution < -0.4 is 11.1 Å². The highest BCUT2D eigenvalue weighted by molar-refractivity contribution is 5.77. The summed E-state index contributed by atoms with van der Waals surface area (Å²) in [4.78, 5) is 11.5. The molecule has 3 nitrogen and oxygen atoms in total. The number of amides is 1. The Morgan fingerprint density at radius 1 is 1.50 bits per heavy atom. The predicted octanol–water partition coefficient (Wildman–Crippen LogP) is 1.91. The molecule has 0 aromatic rings. The summed E-state index contributed by atoms with van der Waals surface area (Å²) >= 11 is 0. The third kappa shape index (κ3) is 3.21. The van der Waals surface area contributed by atoms with Gasteiger partial charge >= 0.3 is 0 Å². The quantitative estimate of drug-likeness (QED) is 0.769. The van der Waals surface area contributed by atoms with Gasteiger partial charge in [0.15, 0.2) is 0 Å². The molecule has 16 heavy (non-hydrogen) atoms. The average Bonchev–Trinajstić information content (AvgIpc) is 2.15. The molecule has 1 heterocycles. The van der Waals surface area contributed by atoms with Crippen molar-refractivity contribution in [1.82, 2.24) is 5.32 Å². The number of nitrogens with two attached hydrogens (primary N) is 1. The molecular formula is C13H26N2O. The zero-order valence-electron chi connectivity index (χ0n) is 11.0. The lowest BCUT2D eigenvalue weighted by Crippen LogP contribution is -2.54. The van der Waals surface area contributed by atoms with Gasteiger partial charge in [0.25, 0.3) is 0 Å². The predicted molar refractivity (Wildman–Crippen MR) is 66.9 cm³/mol. The molecule has 5 unspecified atom stereocenters. The van der Waals surface area contributed by atoms with Gasteiger partial charge in [0.05, 0.1) is 5.92 Å². The van der Waals surface area contributed by atoms with E-state index in [0.29, 0.717) is 17.9 Å². The summed E-state index contributed by atoms with van der Waals surface area (Å²) in [6.07, 6.45) is 3.26. The van der Waals surface area contributed by atoms with Crippen molar-refractivity contribution in [2.24, 2.45) is 23.5 Å². The van der Waals surface area contributed by atoms with Crippen molar-refractivity contribution < 1.29 is 4.79 Å². The summed E-state index contributed by atoms with van der Waals surface area (Å²) in [6, 6.07) is 0.769. The first-order chi connectivity index (χ1) is 7.45. The summed E-state index contributed by atoms with van der Waals surface area (Å²) < 4.78 is 0. The van der Waals surface area contributed by atoms with Gasteiger partial charge in [-0.25, -0.2) is 0 Å². The Kier molecular flexibility index (Phi) is 4.78. The summed E-state index contributed by atoms with van der Waals surface area (Å²) in [5.74, 6) is 0.921. The minimum Gasteiger partial charge on any atom is -0.369 e. The lowest BCUT2D eigenvalue weighted by atomic mass is 9.76. The molecule has 5 atom stereocenters. The highest BCUT2D eigenvalue weighted by Crippen LogP contribution is 2.29. The normalized spacial score (nSPS) is 37.0. The molecule has 0 spiro atoms. The molecule has 0 aliphatic carbocycles. The highest BCUT2D eigenvalue weighted by atomic mass is 16.1. The van der Waals surface area contributed by atoms with Crippen molar-refractivity contribution in [1.29, 1.82) is 0 Å². The van der Waals surface area contributed by atoms with Gasteiger partial charge in [-0.05, 0) is 31.6 Å². The minimum absolute atomic E-state index is 0.00481. The second-order valence-electron chi connectivity index (χ2n) is 5.56. The molecule has 94 valence electrons. The van der Waals surface area contributed by atoms with Crippen LogP contribution in [0.2, 0.25) is 0 Å². The van der Waals surface area contributed by atoms with Crippen LogP contribution in [-0.2, 0) is 4.79 Å². The van der Waals surface area contributed by atoms with Gasteiger partial charge in [0.1, 0.15) is 0 Å². The maximum absolute atomic E-state index is 11.5. The van der Waals surface area contributed by atoms with E-state index in [0.717, 1.165) is 19.3 Å². The largest absolute Gasteiger partial charge is 0.369 e. The Morgan fingerprint density at radius 3 is 2.62 bits per heavy atom. The first-order valence-electron chi connectivity index (χ1n) is 6.51. The minimum atomic E-state index is -0.139. The van der Waals surface area contributed by atoms with Crippen molar-refractivity contribution in [2.45, 2.75) is 59.0 Å². The van der Waals surface area contributed by atoms with Gasteiger partial charge in [0, 0.05) is 12.1 Å². The number of carbonyl (C=O) groups is 1. The van der Waals surface area contributed by atoms with E-state index in [9.17, 15) is 4.79 Å². The van der Waals surface area contributed by atoms with Gasteiger partial charge < -0.3 is 11.1 Å². The van der Waals surface area contributed by atoms with Crippen LogP contribution in [0.25, 0.3) is 0 Å². The van der Waals surface area contributed by atoms with Gasteiger partial charge in [-0.3, -0.25) is 4.79 Å². The molecular weight excluding hydrogens is 200 g/mol. The van der Waals surface area contributed by atoms with E-state index < -0.39 is 0 Å². The highest BCUT2D eigenvalue weighted by Gasteiger charge is 2.37. The van der Waals surface area contributed by atoms with Crippen molar-refractivity contribution in [3.8, 4) is 0 Å². The molecule has 1 amide bonds. The molecule has 0 saturated carbocycles. The Labute approximate surface area is 99.2 Å². The first-order valence-corrected chi connectivity index (χ1v) is 6.51. The molecule has 0 aromatic heterocycles. The van der Waals surface area contributed by atoms with Crippen LogP contribution in [0.4, 0.5) is 0 Å². The van der Waals surface area contributed by atoms with Crippen molar-refractivity contribution >= 4 is 5.91 Å². The molecule has 1 aliphatic heterocycles. The van der Waals surface area contributed by atoms with Crippen LogP contribution in [0.5, 0.6) is 0 Å². The third-order valence-electron chi connectivity index (χ3n) is 3.95. The summed E-state index contributed by atoms with van der Waals surface area (Å²) in [7, 11) is 0. The Hall–Kier alpha value is -0.570. The molecule has 0 radical (unpaired) electrons. The lowest BCUT2D eigenvalue weighted by Gasteiger charge is -2.40. The number of carbonyl (C=O) groups excluding carboxylic acids is 1. The second-order valence-corrected chi connectivity index (χ2v) is 5.56. The Bertz CT molecular complexity index is 242. The van der Waals surface area contributed by atoms with E-state index in [-0.39, 0.29) is 17.9 Å².